The summed E-state index contributed by atoms with van der Waals surface area (Å²) in [7, 11) is -3.69. The Morgan fingerprint density at radius 1 is 1.42 bits per heavy atom. The predicted molar refractivity (Wildman–Crippen MR) is 73.9 cm³/mol. The quantitative estimate of drug-likeness (QED) is 0.803. The molecule has 2 N–H and O–H groups in total. The zero-order valence-corrected chi connectivity index (χ0v) is 12.5. The van der Waals surface area contributed by atoms with E-state index in [1.807, 2.05) is 20.8 Å². The molecule has 1 atom stereocenters. The van der Waals surface area contributed by atoms with Crippen LogP contribution >= 0.6 is 0 Å². The molecule has 0 aromatic carbocycles. The summed E-state index contributed by atoms with van der Waals surface area (Å²) >= 11 is 0. The lowest BCUT2D eigenvalue weighted by Gasteiger charge is -2.19. The fraction of sp³-hybridized carbons (Fsp3) is 0.538. The zero-order chi connectivity index (χ0) is 14.7. The van der Waals surface area contributed by atoms with Gasteiger partial charge in [0, 0.05) is 5.54 Å². The second kappa shape index (κ2) is 5.78. The van der Waals surface area contributed by atoms with Crippen molar-refractivity contribution in [1.29, 1.82) is 0 Å². The number of hydrogen-bond acceptors (Lipinski definition) is 4. The minimum atomic E-state index is -3.69. The molecule has 0 bridgehead atoms. The van der Waals surface area contributed by atoms with Gasteiger partial charge in [0.15, 0.2) is 0 Å². The molecule has 0 radical (unpaired) electrons. The summed E-state index contributed by atoms with van der Waals surface area (Å²) in [6, 6.07) is 2.48. The maximum Gasteiger partial charge on any atom is 0.275 e. The van der Waals surface area contributed by atoms with E-state index in [4.69, 9.17) is 10.8 Å². The Kier molecular flexibility index (Phi) is 4.80. The number of nitrogens with one attached hydrogen (secondary N) is 2. The maximum absolute atomic E-state index is 11.9. The highest BCUT2D eigenvalue weighted by atomic mass is 32.2. The molecule has 1 rings (SSSR count). The molecule has 106 valence electrons. The normalized spacial score (nSPS) is 14.1. The molecule has 0 saturated heterocycles. The van der Waals surface area contributed by atoms with Crippen molar-refractivity contribution in [1.82, 2.24) is 10.0 Å². The van der Waals surface area contributed by atoms with E-state index in [0.717, 1.165) is 0 Å². The number of furan rings is 1. The second-order valence-corrected chi connectivity index (χ2v) is 6.98. The number of sulfonamides is 1. The van der Waals surface area contributed by atoms with Crippen molar-refractivity contribution in [3.63, 3.8) is 0 Å². The molecule has 0 spiro atoms. The van der Waals surface area contributed by atoms with E-state index in [0.29, 0.717) is 12.3 Å². The average molecular weight is 284 g/mol. The molecule has 0 aliphatic heterocycles. The Balaban J connectivity index is 2.77. The van der Waals surface area contributed by atoms with Crippen LogP contribution in [0.2, 0.25) is 0 Å². The standard InChI is InChI=1S/C13H20N2O3S/c1-6-10(2)15-19(16,17)12-8-7-11(18-12)9-14-13(3,4)5/h1,7-8,10,14-15H,9H2,2-5H3. The molecule has 19 heavy (non-hydrogen) atoms. The van der Waals surface area contributed by atoms with Crippen LogP contribution < -0.4 is 10.0 Å². The summed E-state index contributed by atoms with van der Waals surface area (Å²) in [6.07, 6.45) is 5.14. The van der Waals surface area contributed by atoms with Crippen LogP contribution in [0.4, 0.5) is 0 Å². The molecule has 0 fully saturated rings. The van der Waals surface area contributed by atoms with Gasteiger partial charge in [0.25, 0.3) is 10.0 Å². The SMILES string of the molecule is C#CC(C)NS(=O)(=O)c1ccc(CNC(C)(C)C)o1. The highest BCUT2D eigenvalue weighted by Gasteiger charge is 2.20. The third kappa shape index (κ3) is 5.07. The summed E-state index contributed by atoms with van der Waals surface area (Å²) in [5.74, 6) is 2.86. The van der Waals surface area contributed by atoms with Gasteiger partial charge in [-0.15, -0.1) is 6.42 Å². The van der Waals surface area contributed by atoms with E-state index in [1.54, 1.807) is 13.0 Å². The molecular weight excluding hydrogens is 264 g/mol. The first-order valence-corrected chi connectivity index (χ1v) is 7.44. The largest absolute Gasteiger partial charge is 0.447 e. The summed E-state index contributed by atoms with van der Waals surface area (Å²) in [4.78, 5) is 0. The lowest BCUT2D eigenvalue weighted by atomic mass is 10.1. The van der Waals surface area contributed by atoms with Crippen molar-refractivity contribution in [2.24, 2.45) is 0 Å². The molecule has 1 aromatic heterocycles. The van der Waals surface area contributed by atoms with Crippen LogP contribution in [0.15, 0.2) is 21.6 Å². The van der Waals surface area contributed by atoms with Crippen molar-refractivity contribution in [2.75, 3.05) is 0 Å². The van der Waals surface area contributed by atoms with Gasteiger partial charge in [-0.2, -0.15) is 4.72 Å². The van der Waals surface area contributed by atoms with E-state index in [-0.39, 0.29) is 10.6 Å². The minimum Gasteiger partial charge on any atom is -0.447 e. The summed E-state index contributed by atoms with van der Waals surface area (Å²) in [5.41, 5.74) is -0.0674. The van der Waals surface area contributed by atoms with Crippen LogP contribution in [0.1, 0.15) is 33.5 Å². The maximum atomic E-state index is 11.9. The Morgan fingerprint density at radius 2 is 2.05 bits per heavy atom. The van der Waals surface area contributed by atoms with Crippen molar-refractivity contribution < 1.29 is 12.8 Å². The summed E-state index contributed by atoms with van der Waals surface area (Å²) in [5, 5.41) is 3.09. The highest BCUT2D eigenvalue weighted by Crippen LogP contribution is 2.15. The highest BCUT2D eigenvalue weighted by molar-refractivity contribution is 7.89. The molecule has 6 heteroatoms. The number of terminal acetylenes is 1. The van der Waals surface area contributed by atoms with Gasteiger partial charge < -0.3 is 9.73 Å². The summed E-state index contributed by atoms with van der Waals surface area (Å²) < 4.78 is 31.4. The Morgan fingerprint density at radius 3 is 2.58 bits per heavy atom. The summed E-state index contributed by atoms with van der Waals surface area (Å²) in [6.45, 7) is 8.10. The lowest BCUT2D eigenvalue weighted by molar-refractivity contribution is 0.359. The molecule has 1 aromatic rings. The van der Waals surface area contributed by atoms with Gasteiger partial charge in [0.2, 0.25) is 5.09 Å². The van der Waals surface area contributed by atoms with Gasteiger partial charge in [-0.1, -0.05) is 5.92 Å². The van der Waals surface area contributed by atoms with Gasteiger partial charge in [0.05, 0.1) is 12.6 Å². The van der Waals surface area contributed by atoms with Crippen LogP contribution in [-0.4, -0.2) is 20.0 Å². The third-order valence-electron chi connectivity index (χ3n) is 2.28. The molecule has 0 saturated carbocycles. The molecule has 0 amide bonds. The van der Waals surface area contributed by atoms with E-state index in [1.165, 1.54) is 6.07 Å². The lowest BCUT2D eigenvalue weighted by Crippen LogP contribution is -2.34. The van der Waals surface area contributed by atoms with Gasteiger partial charge in [-0.3, -0.25) is 0 Å². The van der Waals surface area contributed by atoms with Crippen molar-refractivity contribution >= 4 is 10.0 Å². The van der Waals surface area contributed by atoms with Crippen LogP contribution in [-0.2, 0) is 16.6 Å². The van der Waals surface area contributed by atoms with E-state index in [2.05, 4.69) is 16.0 Å². The average Bonchev–Trinajstić information content (AvgIpc) is 2.74. The topological polar surface area (TPSA) is 71.3 Å². The van der Waals surface area contributed by atoms with E-state index < -0.39 is 16.1 Å². The first-order valence-electron chi connectivity index (χ1n) is 5.96. The molecule has 1 unspecified atom stereocenters. The van der Waals surface area contributed by atoms with Gasteiger partial charge in [0.1, 0.15) is 5.76 Å². The van der Waals surface area contributed by atoms with Gasteiger partial charge in [-0.25, -0.2) is 8.42 Å². The zero-order valence-electron chi connectivity index (χ0n) is 11.6. The smallest absolute Gasteiger partial charge is 0.275 e. The van der Waals surface area contributed by atoms with E-state index >= 15 is 0 Å². The molecule has 0 aliphatic rings. The number of rotatable bonds is 5. The van der Waals surface area contributed by atoms with Crippen LogP contribution in [0.3, 0.4) is 0 Å². The van der Waals surface area contributed by atoms with Crippen molar-refractivity contribution in [3.8, 4) is 12.3 Å². The Labute approximate surface area is 114 Å². The monoisotopic (exact) mass is 284 g/mol. The van der Waals surface area contributed by atoms with Crippen LogP contribution in [0, 0.1) is 12.3 Å². The van der Waals surface area contributed by atoms with Crippen LogP contribution in [0.25, 0.3) is 0 Å². The molecule has 0 aliphatic carbocycles. The van der Waals surface area contributed by atoms with Crippen molar-refractivity contribution in [2.45, 2.75) is 50.9 Å². The first-order chi connectivity index (χ1) is 8.64. The molecule has 1 heterocycles. The van der Waals surface area contributed by atoms with Crippen LogP contribution in [0.5, 0.6) is 0 Å². The molecule has 5 nitrogen and oxygen atoms in total. The molecular formula is C13H20N2O3S. The second-order valence-electron chi connectivity index (χ2n) is 5.33. The van der Waals surface area contributed by atoms with Crippen molar-refractivity contribution in [3.05, 3.63) is 17.9 Å². The fourth-order valence-electron chi connectivity index (χ4n) is 1.27. The third-order valence-corrected chi connectivity index (χ3v) is 3.69. The fourth-order valence-corrected chi connectivity index (χ4v) is 2.39. The van der Waals surface area contributed by atoms with E-state index in [9.17, 15) is 8.42 Å². The first kappa shape index (κ1) is 15.8. The number of hydrogen-bond donors (Lipinski definition) is 2. The Bertz CT molecular complexity index is 561. The van der Waals surface area contributed by atoms with Gasteiger partial charge in [-0.05, 0) is 39.8 Å². The predicted octanol–water partition coefficient (Wildman–Crippen LogP) is 1.47. The van der Waals surface area contributed by atoms with Gasteiger partial charge >= 0.3 is 0 Å². The minimum absolute atomic E-state index is 0.0674. The Hall–Kier alpha value is -1.29.